The van der Waals surface area contributed by atoms with Gasteiger partial charge in [-0.25, -0.2) is 4.79 Å². The van der Waals surface area contributed by atoms with Gasteiger partial charge in [0.05, 0.1) is 32.5 Å². The summed E-state index contributed by atoms with van der Waals surface area (Å²) in [6, 6.07) is 17.9. The number of carbonyl (C=O) groups is 1. The van der Waals surface area contributed by atoms with Gasteiger partial charge in [0.25, 0.3) is 0 Å². The summed E-state index contributed by atoms with van der Waals surface area (Å²) in [6.45, 7) is 3.05. The van der Waals surface area contributed by atoms with E-state index in [9.17, 15) is 9.90 Å². The van der Waals surface area contributed by atoms with Crippen LogP contribution in [0.25, 0.3) is 0 Å². The van der Waals surface area contributed by atoms with E-state index in [4.69, 9.17) is 23.7 Å². The Kier molecular flexibility index (Phi) is 13.7. The molecule has 0 aliphatic carbocycles. The Labute approximate surface area is 208 Å². The quantitative estimate of drug-likeness (QED) is 0.224. The van der Waals surface area contributed by atoms with E-state index in [1.165, 1.54) is 7.11 Å². The van der Waals surface area contributed by atoms with E-state index in [2.05, 4.69) is 19.1 Å². The van der Waals surface area contributed by atoms with Gasteiger partial charge >= 0.3 is 5.97 Å². The first-order chi connectivity index (χ1) is 17.0. The van der Waals surface area contributed by atoms with Gasteiger partial charge in [0.1, 0.15) is 12.5 Å². The van der Waals surface area contributed by atoms with Crippen LogP contribution in [0.5, 0.6) is 5.75 Å². The van der Waals surface area contributed by atoms with E-state index >= 15 is 0 Å². The van der Waals surface area contributed by atoms with Gasteiger partial charge in [0.15, 0.2) is 6.10 Å². The van der Waals surface area contributed by atoms with Crippen molar-refractivity contribution in [3.05, 3.63) is 77.9 Å². The molecule has 0 radical (unpaired) electrons. The Morgan fingerprint density at radius 1 is 0.914 bits per heavy atom. The molecule has 0 aromatic heterocycles. The molecular formula is C28H38O7. The standard InChI is InChI=1S/C28H38O7/c1-22(33-19-23-10-5-4-6-11-23)9-7-12-26(13-8-14-27(28(29)30)35-21-31-2)34-20-24-15-17-25(32-3)18-16-24/h4-6,8,10-11,13,15-18,22,26-27H,7,9,12,14,19-21H2,1-3H3,(H,29,30)/b13-8+/t22-,26+,27-/m0/s1. The lowest BCUT2D eigenvalue weighted by Crippen LogP contribution is -2.24. The number of rotatable bonds is 18. The Morgan fingerprint density at radius 2 is 1.60 bits per heavy atom. The Balaban J connectivity index is 1.87. The summed E-state index contributed by atoms with van der Waals surface area (Å²) in [5.41, 5.74) is 2.20. The molecule has 2 aromatic rings. The number of methoxy groups -OCH3 is 2. The fourth-order valence-corrected chi connectivity index (χ4v) is 3.41. The van der Waals surface area contributed by atoms with Crippen LogP contribution in [0.3, 0.4) is 0 Å². The molecule has 7 nitrogen and oxygen atoms in total. The number of ether oxygens (including phenoxy) is 5. The smallest absolute Gasteiger partial charge is 0.333 e. The predicted molar refractivity (Wildman–Crippen MR) is 134 cm³/mol. The summed E-state index contributed by atoms with van der Waals surface area (Å²) < 4.78 is 27.4. The van der Waals surface area contributed by atoms with Crippen LogP contribution in [-0.2, 0) is 37.0 Å². The van der Waals surface area contributed by atoms with E-state index in [1.54, 1.807) is 7.11 Å². The van der Waals surface area contributed by atoms with Crippen LogP contribution in [0.1, 0.15) is 43.7 Å². The second kappa shape index (κ2) is 16.8. The highest BCUT2D eigenvalue weighted by Crippen LogP contribution is 2.17. The molecule has 0 bridgehead atoms. The highest BCUT2D eigenvalue weighted by molar-refractivity contribution is 5.72. The fraction of sp³-hybridized carbons (Fsp3) is 0.464. The molecule has 0 spiro atoms. The zero-order valence-corrected chi connectivity index (χ0v) is 20.9. The van der Waals surface area contributed by atoms with Crippen molar-refractivity contribution in [1.82, 2.24) is 0 Å². The number of hydrogen-bond acceptors (Lipinski definition) is 6. The Morgan fingerprint density at radius 3 is 2.26 bits per heavy atom. The van der Waals surface area contributed by atoms with Crippen LogP contribution < -0.4 is 4.74 Å². The van der Waals surface area contributed by atoms with Gasteiger partial charge in [0.2, 0.25) is 0 Å². The minimum Gasteiger partial charge on any atom is -0.497 e. The molecule has 2 aromatic carbocycles. The maximum absolute atomic E-state index is 11.4. The van der Waals surface area contributed by atoms with E-state index in [-0.39, 0.29) is 25.4 Å². The lowest BCUT2D eigenvalue weighted by molar-refractivity contribution is -0.158. The van der Waals surface area contributed by atoms with Crippen LogP contribution >= 0.6 is 0 Å². The first-order valence-electron chi connectivity index (χ1n) is 11.9. The van der Waals surface area contributed by atoms with Crippen molar-refractivity contribution in [3.63, 3.8) is 0 Å². The molecule has 35 heavy (non-hydrogen) atoms. The van der Waals surface area contributed by atoms with Crippen LogP contribution in [0.15, 0.2) is 66.7 Å². The van der Waals surface area contributed by atoms with Gasteiger partial charge in [-0.2, -0.15) is 0 Å². The molecule has 0 fully saturated rings. The van der Waals surface area contributed by atoms with Crippen LogP contribution in [-0.4, -0.2) is 50.4 Å². The van der Waals surface area contributed by atoms with E-state index in [0.29, 0.717) is 13.2 Å². The average Bonchev–Trinajstić information content (AvgIpc) is 2.88. The van der Waals surface area contributed by atoms with E-state index in [0.717, 1.165) is 36.1 Å². The summed E-state index contributed by atoms with van der Waals surface area (Å²) in [7, 11) is 3.10. The molecule has 0 saturated carbocycles. The van der Waals surface area contributed by atoms with Crippen molar-refractivity contribution in [2.45, 2.75) is 64.1 Å². The predicted octanol–water partition coefficient (Wildman–Crippen LogP) is 5.38. The average molecular weight is 487 g/mol. The second-order valence-electron chi connectivity index (χ2n) is 8.30. The highest BCUT2D eigenvalue weighted by atomic mass is 16.7. The first kappa shape index (κ1) is 28.5. The summed E-state index contributed by atoms with van der Waals surface area (Å²) in [5, 5.41) is 9.33. The van der Waals surface area contributed by atoms with Crippen LogP contribution in [0.4, 0.5) is 0 Å². The maximum Gasteiger partial charge on any atom is 0.333 e. The maximum atomic E-state index is 11.4. The second-order valence-corrected chi connectivity index (χ2v) is 8.30. The molecule has 2 rings (SSSR count). The monoisotopic (exact) mass is 486 g/mol. The lowest BCUT2D eigenvalue weighted by atomic mass is 10.1. The van der Waals surface area contributed by atoms with Crippen LogP contribution in [0, 0.1) is 0 Å². The third-order valence-electron chi connectivity index (χ3n) is 5.46. The van der Waals surface area contributed by atoms with Gasteiger partial charge in [-0.1, -0.05) is 54.6 Å². The minimum absolute atomic E-state index is 0.0664. The number of hydrogen-bond donors (Lipinski definition) is 1. The third-order valence-corrected chi connectivity index (χ3v) is 5.46. The molecule has 0 aliphatic heterocycles. The molecule has 7 heteroatoms. The SMILES string of the molecule is COCO[C@@H](C/C=C/[C@@H](CCC[C@H](C)OCc1ccccc1)OCc1ccc(OC)cc1)C(=O)O. The zero-order chi connectivity index (χ0) is 25.3. The van der Waals surface area contributed by atoms with Crippen molar-refractivity contribution < 1.29 is 33.6 Å². The van der Waals surface area contributed by atoms with Gasteiger partial charge in [-0.05, 0) is 49.4 Å². The van der Waals surface area contributed by atoms with Crippen molar-refractivity contribution in [2.24, 2.45) is 0 Å². The van der Waals surface area contributed by atoms with Crippen molar-refractivity contribution >= 4 is 5.97 Å². The van der Waals surface area contributed by atoms with Crippen molar-refractivity contribution in [3.8, 4) is 5.75 Å². The van der Waals surface area contributed by atoms with Gasteiger partial charge < -0.3 is 28.8 Å². The number of benzene rings is 2. The topological polar surface area (TPSA) is 83.5 Å². The first-order valence-corrected chi connectivity index (χ1v) is 11.9. The normalized spacial score (nSPS) is 14.0. The summed E-state index contributed by atoms with van der Waals surface area (Å²) in [4.78, 5) is 11.4. The summed E-state index contributed by atoms with van der Waals surface area (Å²) in [6.07, 6.45) is 5.58. The summed E-state index contributed by atoms with van der Waals surface area (Å²) in [5.74, 6) is -0.225. The Hall–Kier alpha value is -2.71. The van der Waals surface area contributed by atoms with Gasteiger partial charge in [-0.3, -0.25) is 0 Å². The lowest BCUT2D eigenvalue weighted by Gasteiger charge is -2.18. The molecule has 192 valence electrons. The van der Waals surface area contributed by atoms with Crippen molar-refractivity contribution in [1.29, 1.82) is 0 Å². The molecule has 1 N–H and O–H groups in total. The van der Waals surface area contributed by atoms with Crippen molar-refractivity contribution in [2.75, 3.05) is 21.0 Å². The molecule has 3 atom stereocenters. The van der Waals surface area contributed by atoms with E-state index in [1.807, 2.05) is 54.6 Å². The molecular weight excluding hydrogens is 448 g/mol. The largest absolute Gasteiger partial charge is 0.497 e. The number of aliphatic carboxylic acids is 1. The summed E-state index contributed by atoms with van der Waals surface area (Å²) >= 11 is 0. The molecule has 0 heterocycles. The van der Waals surface area contributed by atoms with Gasteiger partial charge in [-0.15, -0.1) is 0 Å². The van der Waals surface area contributed by atoms with Gasteiger partial charge in [0, 0.05) is 13.5 Å². The highest BCUT2D eigenvalue weighted by Gasteiger charge is 2.16. The minimum atomic E-state index is -1.02. The zero-order valence-electron chi connectivity index (χ0n) is 20.9. The van der Waals surface area contributed by atoms with E-state index < -0.39 is 12.1 Å². The fourth-order valence-electron chi connectivity index (χ4n) is 3.41. The Bertz CT molecular complexity index is 851. The third kappa shape index (κ3) is 12.0. The molecule has 0 unspecified atom stereocenters. The number of carboxylic acid groups (broad SMARTS) is 1. The van der Waals surface area contributed by atoms with Crippen LogP contribution in [0.2, 0.25) is 0 Å². The molecule has 0 saturated heterocycles. The molecule has 0 aliphatic rings. The number of carboxylic acids is 1. The molecule has 0 amide bonds.